The number of nitriles is 1. The maximum absolute atomic E-state index is 8.86. The van der Waals surface area contributed by atoms with Gasteiger partial charge in [0.2, 0.25) is 0 Å². The Balaban J connectivity index is 2.27. The molecule has 2 heterocycles. The van der Waals surface area contributed by atoms with E-state index in [1.54, 1.807) is 11.3 Å². The van der Waals surface area contributed by atoms with Crippen LogP contribution in [-0.2, 0) is 4.74 Å². The number of thiophene rings is 1. The van der Waals surface area contributed by atoms with Gasteiger partial charge in [-0.3, -0.25) is 0 Å². The second-order valence-corrected chi connectivity index (χ2v) is 4.30. The number of halogens is 1. The SMILES string of the molecule is N#CC1CCOC1c1sccc1Cl. The number of rotatable bonds is 1. The molecule has 2 unspecified atom stereocenters. The van der Waals surface area contributed by atoms with Gasteiger partial charge in [0, 0.05) is 6.61 Å². The summed E-state index contributed by atoms with van der Waals surface area (Å²) in [5.74, 6) is -0.0313. The van der Waals surface area contributed by atoms with Crippen LogP contribution in [0.4, 0.5) is 0 Å². The summed E-state index contributed by atoms with van der Waals surface area (Å²) < 4.78 is 5.49. The first-order valence-electron chi connectivity index (χ1n) is 4.07. The largest absolute Gasteiger partial charge is 0.371 e. The summed E-state index contributed by atoms with van der Waals surface area (Å²) in [6.45, 7) is 0.664. The van der Waals surface area contributed by atoms with Crippen molar-refractivity contribution in [3.05, 3.63) is 21.3 Å². The third-order valence-corrected chi connectivity index (χ3v) is 3.58. The fourth-order valence-electron chi connectivity index (χ4n) is 1.49. The van der Waals surface area contributed by atoms with Crippen molar-refractivity contribution >= 4 is 22.9 Å². The molecule has 1 aliphatic heterocycles. The normalized spacial score (nSPS) is 27.4. The summed E-state index contributed by atoms with van der Waals surface area (Å²) in [4.78, 5) is 0.991. The van der Waals surface area contributed by atoms with Gasteiger partial charge in [0.05, 0.1) is 21.9 Å². The third-order valence-electron chi connectivity index (χ3n) is 2.16. The quantitative estimate of drug-likeness (QED) is 0.719. The van der Waals surface area contributed by atoms with E-state index in [-0.39, 0.29) is 12.0 Å². The topological polar surface area (TPSA) is 33.0 Å². The van der Waals surface area contributed by atoms with Crippen molar-refractivity contribution < 1.29 is 4.74 Å². The predicted octanol–water partition coefficient (Wildman–Crippen LogP) is 3.00. The van der Waals surface area contributed by atoms with Gasteiger partial charge in [0.15, 0.2) is 0 Å². The summed E-state index contributed by atoms with van der Waals surface area (Å²) in [6.07, 6.45) is 0.715. The lowest BCUT2D eigenvalue weighted by Gasteiger charge is -2.10. The Bertz CT molecular complexity index is 344. The van der Waals surface area contributed by atoms with E-state index in [0.717, 1.165) is 16.3 Å². The highest BCUT2D eigenvalue weighted by Gasteiger charge is 2.31. The Morgan fingerprint density at radius 1 is 1.69 bits per heavy atom. The van der Waals surface area contributed by atoms with Crippen LogP contribution in [0.3, 0.4) is 0 Å². The molecule has 13 heavy (non-hydrogen) atoms. The van der Waals surface area contributed by atoms with Crippen molar-refractivity contribution in [2.24, 2.45) is 5.92 Å². The van der Waals surface area contributed by atoms with Crippen LogP contribution in [0.5, 0.6) is 0 Å². The summed E-state index contributed by atoms with van der Waals surface area (Å²) in [6, 6.07) is 4.10. The molecule has 2 nitrogen and oxygen atoms in total. The van der Waals surface area contributed by atoms with Crippen LogP contribution in [0.1, 0.15) is 17.4 Å². The van der Waals surface area contributed by atoms with Crippen molar-refractivity contribution in [2.75, 3.05) is 6.61 Å². The molecule has 1 saturated heterocycles. The lowest BCUT2D eigenvalue weighted by atomic mass is 10.0. The molecule has 2 atom stereocenters. The first-order chi connectivity index (χ1) is 6.33. The molecule has 1 aromatic rings. The van der Waals surface area contributed by atoms with Gasteiger partial charge in [-0.25, -0.2) is 0 Å². The minimum absolute atomic E-state index is 0.0313. The van der Waals surface area contributed by atoms with E-state index >= 15 is 0 Å². The summed E-state index contributed by atoms with van der Waals surface area (Å²) in [7, 11) is 0. The third kappa shape index (κ3) is 1.58. The minimum atomic E-state index is -0.0995. The van der Waals surface area contributed by atoms with E-state index in [9.17, 15) is 0 Å². The van der Waals surface area contributed by atoms with Gasteiger partial charge in [-0.2, -0.15) is 5.26 Å². The highest BCUT2D eigenvalue weighted by Crippen LogP contribution is 2.40. The number of ether oxygens (including phenoxy) is 1. The van der Waals surface area contributed by atoms with E-state index in [2.05, 4.69) is 6.07 Å². The summed E-state index contributed by atoms with van der Waals surface area (Å²) >= 11 is 7.52. The monoisotopic (exact) mass is 213 g/mol. The molecule has 0 aromatic carbocycles. The van der Waals surface area contributed by atoms with Crippen molar-refractivity contribution in [3.8, 4) is 6.07 Å². The zero-order valence-corrected chi connectivity index (χ0v) is 8.44. The Morgan fingerprint density at radius 3 is 3.15 bits per heavy atom. The average Bonchev–Trinajstić information content (AvgIpc) is 2.71. The molecule has 0 radical (unpaired) electrons. The van der Waals surface area contributed by atoms with Gasteiger partial charge < -0.3 is 4.74 Å². The van der Waals surface area contributed by atoms with Crippen molar-refractivity contribution in [2.45, 2.75) is 12.5 Å². The van der Waals surface area contributed by atoms with Crippen LogP contribution in [0.15, 0.2) is 11.4 Å². The van der Waals surface area contributed by atoms with E-state index in [0.29, 0.717) is 6.61 Å². The van der Waals surface area contributed by atoms with Crippen LogP contribution < -0.4 is 0 Å². The van der Waals surface area contributed by atoms with Crippen LogP contribution in [0.2, 0.25) is 5.02 Å². The standard InChI is InChI=1S/C9H8ClNOS/c10-7-2-4-13-9(7)8-6(5-11)1-3-12-8/h2,4,6,8H,1,3H2. The lowest BCUT2D eigenvalue weighted by molar-refractivity contribution is 0.104. The Kier molecular flexibility index (Phi) is 2.54. The molecular formula is C9H8ClNOS. The molecule has 0 spiro atoms. The zero-order chi connectivity index (χ0) is 9.26. The van der Waals surface area contributed by atoms with Crippen LogP contribution in [0.25, 0.3) is 0 Å². The molecule has 0 aliphatic carbocycles. The average molecular weight is 214 g/mol. The highest BCUT2D eigenvalue weighted by molar-refractivity contribution is 7.10. The van der Waals surface area contributed by atoms with Gasteiger partial charge in [-0.1, -0.05) is 11.6 Å². The molecule has 4 heteroatoms. The van der Waals surface area contributed by atoms with Gasteiger partial charge in [0.1, 0.15) is 6.10 Å². The molecule has 68 valence electrons. The van der Waals surface area contributed by atoms with Crippen molar-refractivity contribution in [1.29, 1.82) is 5.26 Å². The lowest BCUT2D eigenvalue weighted by Crippen LogP contribution is -2.03. The molecule has 0 bridgehead atoms. The molecule has 1 aliphatic rings. The van der Waals surface area contributed by atoms with Crippen LogP contribution >= 0.6 is 22.9 Å². The first-order valence-corrected chi connectivity index (χ1v) is 5.33. The van der Waals surface area contributed by atoms with Crippen molar-refractivity contribution in [3.63, 3.8) is 0 Å². The van der Waals surface area contributed by atoms with E-state index in [4.69, 9.17) is 21.6 Å². The highest BCUT2D eigenvalue weighted by atomic mass is 35.5. The molecular weight excluding hydrogens is 206 g/mol. The fraction of sp³-hybridized carbons (Fsp3) is 0.444. The number of hydrogen-bond donors (Lipinski definition) is 0. The fourth-order valence-corrected chi connectivity index (χ4v) is 2.77. The second kappa shape index (κ2) is 3.67. The first kappa shape index (κ1) is 9.01. The van der Waals surface area contributed by atoms with E-state index in [1.807, 2.05) is 11.4 Å². The van der Waals surface area contributed by atoms with Crippen LogP contribution in [0, 0.1) is 17.2 Å². The zero-order valence-electron chi connectivity index (χ0n) is 6.87. The molecule has 1 fully saturated rings. The van der Waals surface area contributed by atoms with Gasteiger partial charge in [-0.15, -0.1) is 11.3 Å². The molecule has 0 N–H and O–H groups in total. The van der Waals surface area contributed by atoms with E-state index in [1.165, 1.54) is 0 Å². The maximum atomic E-state index is 8.86. The minimum Gasteiger partial charge on any atom is -0.371 e. The van der Waals surface area contributed by atoms with Crippen LogP contribution in [-0.4, -0.2) is 6.61 Å². The molecule has 0 amide bonds. The number of hydrogen-bond acceptors (Lipinski definition) is 3. The summed E-state index contributed by atoms with van der Waals surface area (Å²) in [5.41, 5.74) is 0. The maximum Gasteiger partial charge on any atom is 0.109 e. The van der Waals surface area contributed by atoms with Gasteiger partial charge in [-0.05, 0) is 17.9 Å². The van der Waals surface area contributed by atoms with E-state index < -0.39 is 0 Å². The smallest absolute Gasteiger partial charge is 0.109 e. The Hall–Kier alpha value is -0.560. The molecule has 1 aromatic heterocycles. The van der Waals surface area contributed by atoms with Gasteiger partial charge in [0.25, 0.3) is 0 Å². The predicted molar refractivity (Wildman–Crippen MR) is 51.7 cm³/mol. The molecule has 2 rings (SSSR count). The number of nitrogens with zero attached hydrogens (tertiary/aromatic N) is 1. The van der Waals surface area contributed by atoms with Crippen molar-refractivity contribution in [1.82, 2.24) is 0 Å². The Labute approximate surface area is 85.7 Å². The Morgan fingerprint density at radius 2 is 2.54 bits per heavy atom. The van der Waals surface area contributed by atoms with Gasteiger partial charge >= 0.3 is 0 Å². The molecule has 0 saturated carbocycles. The summed E-state index contributed by atoms with van der Waals surface area (Å²) in [5, 5.41) is 11.5. The second-order valence-electron chi connectivity index (χ2n) is 2.95.